The predicted molar refractivity (Wildman–Crippen MR) is 73.8 cm³/mol. The molecule has 1 aliphatic rings. The molecular formula is C13H15BrN2O3. The van der Waals surface area contributed by atoms with Crippen LogP contribution < -0.4 is 5.32 Å². The minimum absolute atomic E-state index is 0.141. The van der Waals surface area contributed by atoms with E-state index in [-0.39, 0.29) is 11.8 Å². The summed E-state index contributed by atoms with van der Waals surface area (Å²) in [6.07, 6.45) is 3.24. The maximum Gasteiger partial charge on any atom is 0.306 e. The van der Waals surface area contributed by atoms with E-state index in [9.17, 15) is 9.59 Å². The van der Waals surface area contributed by atoms with E-state index in [1.165, 1.54) is 0 Å². The number of anilines is 1. The van der Waals surface area contributed by atoms with Gasteiger partial charge in [0.05, 0.1) is 5.92 Å². The fourth-order valence-electron chi connectivity index (χ4n) is 2.28. The second-order valence-corrected chi connectivity index (χ2v) is 5.71. The molecule has 0 radical (unpaired) electrons. The largest absolute Gasteiger partial charge is 0.481 e. The Morgan fingerprint density at radius 3 is 2.68 bits per heavy atom. The number of pyridine rings is 1. The highest BCUT2D eigenvalue weighted by Gasteiger charge is 2.33. The maximum absolute atomic E-state index is 12.0. The molecule has 0 bridgehead atoms. The molecule has 0 aromatic carbocycles. The van der Waals surface area contributed by atoms with E-state index in [4.69, 9.17) is 5.11 Å². The van der Waals surface area contributed by atoms with Gasteiger partial charge in [-0.1, -0.05) is 0 Å². The monoisotopic (exact) mass is 326 g/mol. The minimum atomic E-state index is -0.812. The molecule has 2 N–H and O–H groups in total. The van der Waals surface area contributed by atoms with E-state index in [1.54, 1.807) is 12.3 Å². The number of hydrogen-bond acceptors (Lipinski definition) is 3. The van der Waals surface area contributed by atoms with Gasteiger partial charge in [0.25, 0.3) is 0 Å². The van der Waals surface area contributed by atoms with Crippen molar-refractivity contribution in [1.29, 1.82) is 0 Å². The normalized spacial score (nSPS) is 22.2. The molecule has 5 nitrogen and oxygen atoms in total. The number of nitrogens with zero attached hydrogens (tertiary/aromatic N) is 1. The van der Waals surface area contributed by atoms with Crippen molar-refractivity contribution < 1.29 is 14.7 Å². The molecule has 2 atom stereocenters. The number of carboxylic acids is 1. The van der Waals surface area contributed by atoms with Gasteiger partial charge in [0.2, 0.25) is 5.91 Å². The lowest BCUT2D eigenvalue weighted by atomic mass is 10.0. The van der Waals surface area contributed by atoms with Crippen molar-refractivity contribution in [3.8, 4) is 0 Å². The average Bonchev–Trinajstić information content (AvgIpc) is 2.83. The van der Waals surface area contributed by atoms with Gasteiger partial charge in [-0.3, -0.25) is 9.59 Å². The molecule has 1 aliphatic carbocycles. The molecule has 1 aromatic rings. The number of aromatic nitrogens is 1. The highest BCUT2D eigenvalue weighted by molar-refractivity contribution is 9.10. The topological polar surface area (TPSA) is 79.3 Å². The molecule has 0 aliphatic heterocycles. The molecule has 1 amide bonds. The van der Waals surface area contributed by atoms with Crippen molar-refractivity contribution in [2.24, 2.45) is 11.8 Å². The van der Waals surface area contributed by atoms with Crippen molar-refractivity contribution in [2.75, 3.05) is 5.32 Å². The summed E-state index contributed by atoms with van der Waals surface area (Å²) >= 11 is 3.35. The lowest BCUT2D eigenvalue weighted by molar-refractivity contribution is -0.141. The molecule has 2 unspecified atom stereocenters. The van der Waals surface area contributed by atoms with Crippen molar-refractivity contribution in [3.63, 3.8) is 0 Å². The summed E-state index contributed by atoms with van der Waals surface area (Å²) in [4.78, 5) is 27.0. The number of amides is 1. The molecule has 0 spiro atoms. The summed E-state index contributed by atoms with van der Waals surface area (Å²) in [5.41, 5.74) is 0.986. The SMILES string of the molecule is Cc1cc(NC(=O)C2CCC(C(=O)O)C2)ncc1Br. The quantitative estimate of drug-likeness (QED) is 0.894. The van der Waals surface area contributed by atoms with Crippen LogP contribution in [0.25, 0.3) is 0 Å². The smallest absolute Gasteiger partial charge is 0.306 e. The lowest BCUT2D eigenvalue weighted by Gasteiger charge is -2.11. The minimum Gasteiger partial charge on any atom is -0.481 e. The van der Waals surface area contributed by atoms with Crippen LogP contribution in [0.1, 0.15) is 24.8 Å². The second-order valence-electron chi connectivity index (χ2n) is 4.85. The van der Waals surface area contributed by atoms with Gasteiger partial charge in [-0.15, -0.1) is 0 Å². The van der Waals surface area contributed by atoms with E-state index < -0.39 is 11.9 Å². The molecule has 1 saturated carbocycles. The van der Waals surface area contributed by atoms with E-state index in [1.807, 2.05) is 6.92 Å². The first kappa shape index (κ1) is 14.0. The third kappa shape index (κ3) is 3.32. The number of carbonyl (C=O) groups excluding carboxylic acids is 1. The Balaban J connectivity index is 1.98. The van der Waals surface area contributed by atoms with Gasteiger partial charge in [-0.05, 0) is 53.7 Å². The van der Waals surface area contributed by atoms with Crippen LogP contribution in [-0.2, 0) is 9.59 Å². The molecular weight excluding hydrogens is 312 g/mol. The van der Waals surface area contributed by atoms with Gasteiger partial charge in [0, 0.05) is 16.6 Å². The van der Waals surface area contributed by atoms with E-state index in [0.29, 0.717) is 25.1 Å². The van der Waals surface area contributed by atoms with Crippen LogP contribution in [0.5, 0.6) is 0 Å². The second kappa shape index (κ2) is 5.69. The molecule has 2 rings (SSSR count). The zero-order valence-corrected chi connectivity index (χ0v) is 12.1. The van der Waals surface area contributed by atoms with Crippen LogP contribution in [0.4, 0.5) is 5.82 Å². The third-order valence-corrected chi connectivity index (χ3v) is 4.28. The van der Waals surface area contributed by atoms with Crippen LogP contribution in [0, 0.1) is 18.8 Å². The molecule has 0 saturated heterocycles. The summed E-state index contributed by atoms with van der Waals surface area (Å²) in [5.74, 6) is -1.07. The summed E-state index contributed by atoms with van der Waals surface area (Å²) in [6.45, 7) is 1.91. The van der Waals surface area contributed by atoms with Gasteiger partial charge in [-0.2, -0.15) is 0 Å². The number of carbonyl (C=O) groups is 2. The number of halogens is 1. The van der Waals surface area contributed by atoms with Gasteiger partial charge in [0.1, 0.15) is 5.82 Å². The zero-order valence-electron chi connectivity index (χ0n) is 10.5. The molecule has 1 aromatic heterocycles. The summed E-state index contributed by atoms with van der Waals surface area (Å²) in [7, 11) is 0. The standard InChI is InChI=1S/C13H15BrN2O3/c1-7-4-11(15-6-10(7)14)16-12(17)8-2-3-9(5-8)13(18)19/h4,6,8-9H,2-3,5H2,1H3,(H,18,19)(H,15,16,17). The molecule has 6 heteroatoms. The first-order valence-corrected chi connectivity index (χ1v) is 6.92. The van der Waals surface area contributed by atoms with Gasteiger partial charge >= 0.3 is 5.97 Å². The third-order valence-electron chi connectivity index (χ3n) is 3.45. The van der Waals surface area contributed by atoms with Gasteiger partial charge in [0.15, 0.2) is 0 Å². The van der Waals surface area contributed by atoms with Crippen LogP contribution in [0.3, 0.4) is 0 Å². The van der Waals surface area contributed by atoms with Crippen LogP contribution in [0.15, 0.2) is 16.7 Å². The Morgan fingerprint density at radius 2 is 2.11 bits per heavy atom. The predicted octanol–water partition coefficient (Wildman–Crippen LogP) is 2.59. The van der Waals surface area contributed by atoms with Crippen LogP contribution in [0.2, 0.25) is 0 Å². The van der Waals surface area contributed by atoms with Crippen LogP contribution >= 0.6 is 15.9 Å². The first-order chi connectivity index (χ1) is 8.97. The van der Waals surface area contributed by atoms with Crippen molar-refractivity contribution >= 4 is 33.6 Å². The summed E-state index contributed by atoms with van der Waals surface area (Å²) in [5, 5.41) is 11.7. The number of aliphatic carboxylic acids is 1. The Kier molecular flexibility index (Phi) is 4.19. The number of aryl methyl sites for hydroxylation is 1. The molecule has 102 valence electrons. The van der Waals surface area contributed by atoms with Crippen molar-refractivity contribution in [3.05, 3.63) is 22.3 Å². The zero-order chi connectivity index (χ0) is 14.0. The lowest BCUT2D eigenvalue weighted by Crippen LogP contribution is -2.22. The Bertz CT molecular complexity index is 519. The first-order valence-electron chi connectivity index (χ1n) is 6.13. The fraction of sp³-hybridized carbons (Fsp3) is 0.462. The molecule has 1 heterocycles. The summed E-state index contributed by atoms with van der Waals surface area (Å²) in [6, 6.07) is 1.78. The van der Waals surface area contributed by atoms with Crippen LogP contribution in [-0.4, -0.2) is 22.0 Å². The molecule has 19 heavy (non-hydrogen) atoms. The summed E-state index contributed by atoms with van der Waals surface area (Å²) < 4.78 is 0.886. The van der Waals surface area contributed by atoms with Crippen molar-refractivity contribution in [2.45, 2.75) is 26.2 Å². The average molecular weight is 327 g/mol. The Hall–Kier alpha value is -1.43. The van der Waals surface area contributed by atoms with Crippen molar-refractivity contribution in [1.82, 2.24) is 4.98 Å². The highest BCUT2D eigenvalue weighted by atomic mass is 79.9. The highest BCUT2D eigenvalue weighted by Crippen LogP contribution is 2.31. The number of nitrogens with one attached hydrogen (secondary N) is 1. The van der Waals surface area contributed by atoms with Gasteiger partial charge in [-0.25, -0.2) is 4.98 Å². The number of rotatable bonds is 3. The van der Waals surface area contributed by atoms with E-state index >= 15 is 0 Å². The Labute approximate surface area is 119 Å². The van der Waals surface area contributed by atoms with E-state index in [0.717, 1.165) is 10.0 Å². The molecule has 1 fully saturated rings. The number of carboxylic acid groups (broad SMARTS) is 1. The maximum atomic E-state index is 12.0. The Morgan fingerprint density at radius 1 is 1.42 bits per heavy atom. The number of hydrogen-bond donors (Lipinski definition) is 2. The van der Waals surface area contributed by atoms with Gasteiger partial charge < -0.3 is 10.4 Å². The van der Waals surface area contributed by atoms with E-state index in [2.05, 4.69) is 26.2 Å². The fourth-order valence-corrected chi connectivity index (χ4v) is 2.50.